The molecule has 0 N–H and O–H groups in total. The van der Waals surface area contributed by atoms with Gasteiger partial charge in [-0.15, -0.1) is 0 Å². The second kappa shape index (κ2) is 16.1. The number of rotatable bonds is 7. The summed E-state index contributed by atoms with van der Waals surface area (Å²) in [7, 11) is 0. The second-order valence-electron chi connectivity index (χ2n) is 18.6. The van der Waals surface area contributed by atoms with E-state index in [1.807, 2.05) is 0 Å². The normalized spacial score (nSPS) is 12.8. The Hall–Kier alpha value is -8.50. The van der Waals surface area contributed by atoms with Crippen molar-refractivity contribution < 1.29 is 0 Å². The van der Waals surface area contributed by atoms with Crippen LogP contribution in [0.2, 0.25) is 0 Å². The molecule has 0 fully saturated rings. The summed E-state index contributed by atoms with van der Waals surface area (Å²) in [6.45, 7) is 0. The van der Waals surface area contributed by atoms with Gasteiger partial charge in [0.15, 0.2) is 0 Å². The van der Waals surface area contributed by atoms with Crippen molar-refractivity contribution in [3.05, 3.63) is 288 Å². The van der Waals surface area contributed by atoms with Gasteiger partial charge >= 0.3 is 0 Å². The van der Waals surface area contributed by atoms with E-state index in [2.05, 4.69) is 286 Å². The molecule has 0 atom stereocenters. The summed E-state index contributed by atoms with van der Waals surface area (Å²) in [5.74, 6) is 0. The molecule has 0 radical (unpaired) electrons. The van der Waals surface area contributed by atoms with Gasteiger partial charge in [0.1, 0.15) is 0 Å². The van der Waals surface area contributed by atoms with E-state index in [0.717, 1.165) is 21.4 Å². The van der Waals surface area contributed by atoms with Gasteiger partial charge in [-0.05, 0) is 152 Å². The number of halogens is 1. The number of aromatic nitrogens is 2. The van der Waals surface area contributed by atoms with E-state index >= 15 is 0 Å². The molecule has 1 aliphatic rings. The molecule has 0 amide bonds. The summed E-state index contributed by atoms with van der Waals surface area (Å²) in [5.41, 5.74) is 21.3. The number of hydrogen-bond donors (Lipinski definition) is 0. The Balaban J connectivity index is 0.960. The van der Waals surface area contributed by atoms with Crippen LogP contribution in [0.4, 0.5) is 0 Å². The van der Waals surface area contributed by atoms with E-state index in [4.69, 9.17) is 0 Å². The molecule has 11 aromatic carbocycles. The van der Waals surface area contributed by atoms with Crippen LogP contribution in [-0.2, 0) is 5.41 Å². The highest BCUT2D eigenvalue weighted by Gasteiger charge is 2.46. The monoisotopic (exact) mass is 954 g/mol. The van der Waals surface area contributed by atoms with Crippen LogP contribution in [0.3, 0.4) is 0 Å². The maximum atomic E-state index is 3.78. The van der Waals surface area contributed by atoms with Crippen LogP contribution in [0.1, 0.15) is 22.3 Å². The molecule has 0 saturated carbocycles. The van der Waals surface area contributed by atoms with E-state index in [-0.39, 0.29) is 0 Å². The Morgan fingerprint density at radius 2 is 0.786 bits per heavy atom. The van der Waals surface area contributed by atoms with E-state index in [9.17, 15) is 0 Å². The van der Waals surface area contributed by atoms with Crippen LogP contribution >= 0.6 is 15.9 Å². The van der Waals surface area contributed by atoms with Crippen LogP contribution in [0.15, 0.2) is 265 Å². The lowest BCUT2D eigenvalue weighted by Crippen LogP contribution is -2.28. The molecule has 1 aliphatic carbocycles. The molecular weight excluding hydrogens is 913 g/mol. The van der Waals surface area contributed by atoms with Crippen molar-refractivity contribution in [3.8, 4) is 55.9 Å². The third kappa shape index (κ3) is 6.18. The van der Waals surface area contributed by atoms with Crippen molar-refractivity contribution >= 4 is 59.5 Å². The SMILES string of the molecule is Brc1cccc(-c2cc(-c3ccc4c(c3)c3ccccc3n4-c3ccc4c(c3)C(c3ccccc3)(c3ccccc3)c3ccccc3-4)cc(-c3ccc4c5ccccc5n(-c5ccccc5)c4c3)c2)c1. The predicted octanol–water partition coefficient (Wildman–Crippen LogP) is 18.0. The van der Waals surface area contributed by atoms with Crippen LogP contribution in [0, 0.1) is 0 Å². The van der Waals surface area contributed by atoms with E-state index in [0.29, 0.717) is 0 Å². The smallest absolute Gasteiger partial charge is 0.0714 e. The summed E-state index contributed by atoms with van der Waals surface area (Å²) in [6.07, 6.45) is 0. The number of para-hydroxylation sites is 3. The molecule has 2 heterocycles. The first-order valence-electron chi connectivity index (χ1n) is 24.0. The fourth-order valence-corrected chi connectivity index (χ4v) is 12.2. The molecule has 3 heteroatoms. The summed E-state index contributed by atoms with van der Waals surface area (Å²) < 4.78 is 5.93. The summed E-state index contributed by atoms with van der Waals surface area (Å²) >= 11 is 3.78. The molecule has 70 heavy (non-hydrogen) atoms. The van der Waals surface area contributed by atoms with Gasteiger partial charge in [0, 0.05) is 37.4 Å². The number of nitrogens with zero attached hydrogens (tertiary/aromatic N) is 2. The minimum absolute atomic E-state index is 0.490. The molecule has 13 aromatic rings. The van der Waals surface area contributed by atoms with Gasteiger partial charge in [-0.25, -0.2) is 0 Å². The van der Waals surface area contributed by atoms with Crippen LogP contribution in [-0.4, -0.2) is 9.13 Å². The van der Waals surface area contributed by atoms with E-state index in [1.54, 1.807) is 0 Å². The van der Waals surface area contributed by atoms with Crippen LogP contribution < -0.4 is 0 Å². The Bertz CT molecular complexity index is 4140. The zero-order valence-electron chi connectivity index (χ0n) is 38.1. The maximum Gasteiger partial charge on any atom is 0.0714 e. The maximum absolute atomic E-state index is 3.78. The second-order valence-corrected chi connectivity index (χ2v) is 19.5. The number of hydrogen-bond acceptors (Lipinski definition) is 0. The fourth-order valence-electron chi connectivity index (χ4n) is 11.8. The van der Waals surface area contributed by atoms with Crippen LogP contribution in [0.25, 0.3) is 99.5 Å². The standard InChI is InChI=1S/C67H43BrN2/c68-52-22-16-17-44(40-52)47-37-48(39-49(38-47)46-31-34-59-57-26-11-14-29-63(57)69(66(59)42-46)53-23-8-3-9-24-53)45-32-36-65-60(41-45)58-27-12-15-30-64(58)70(65)54-33-35-56-55-25-10-13-28-61(55)67(62(56)43-54,50-18-4-1-5-19-50)51-20-6-2-7-21-51/h1-43H. The zero-order chi connectivity index (χ0) is 46.3. The Kier molecular flexibility index (Phi) is 9.30. The molecular formula is C67H43BrN2. The van der Waals surface area contributed by atoms with Gasteiger partial charge in [0.25, 0.3) is 0 Å². The van der Waals surface area contributed by atoms with Gasteiger partial charge < -0.3 is 9.13 Å². The van der Waals surface area contributed by atoms with Crippen molar-refractivity contribution in [1.82, 2.24) is 9.13 Å². The van der Waals surface area contributed by atoms with E-state index < -0.39 is 5.41 Å². The molecule has 2 nitrogen and oxygen atoms in total. The number of fused-ring (bicyclic) bond motifs is 9. The Labute approximate surface area is 415 Å². The lowest BCUT2D eigenvalue weighted by Gasteiger charge is -2.34. The minimum Gasteiger partial charge on any atom is -0.309 e. The zero-order valence-corrected chi connectivity index (χ0v) is 39.7. The van der Waals surface area contributed by atoms with Gasteiger partial charge in [-0.3, -0.25) is 0 Å². The van der Waals surface area contributed by atoms with Crippen molar-refractivity contribution in [3.63, 3.8) is 0 Å². The van der Waals surface area contributed by atoms with Crippen molar-refractivity contribution in [2.45, 2.75) is 5.41 Å². The average Bonchev–Trinajstić information content (AvgIpc) is 4.05. The molecule has 0 saturated heterocycles. The predicted molar refractivity (Wildman–Crippen MR) is 296 cm³/mol. The Morgan fingerprint density at radius 1 is 0.271 bits per heavy atom. The first-order valence-corrected chi connectivity index (χ1v) is 24.8. The molecule has 0 bridgehead atoms. The summed E-state index contributed by atoms with van der Waals surface area (Å²) in [5, 5.41) is 4.94. The molecule has 14 rings (SSSR count). The highest BCUT2D eigenvalue weighted by Crippen LogP contribution is 2.56. The topological polar surface area (TPSA) is 9.86 Å². The molecule has 328 valence electrons. The summed E-state index contributed by atoms with van der Waals surface area (Å²) in [4.78, 5) is 0. The fraction of sp³-hybridized carbons (Fsp3) is 0.0149. The van der Waals surface area contributed by atoms with Gasteiger partial charge in [-0.1, -0.05) is 192 Å². The van der Waals surface area contributed by atoms with E-state index in [1.165, 1.54) is 105 Å². The van der Waals surface area contributed by atoms with Crippen molar-refractivity contribution in [2.24, 2.45) is 0 Å². The Morgan fingerprint density at radius 3 is 1.47 bits per heavy atom. The third-order valence-corrected chi connectivity index (χ3v) is 15.3. The first-order chi connectivity index (χ1) is 34.6. The number of benzene rings is 11. The molecule has 0 aliphatic heterocycles. The first kappa shape index (κ1) is 40.6. The lowest BCUT2D eigenvalue weighted by atomic mass is 9.67. The highest BCUT2D eigenvalue weighted by atomic mass is 79.9. The van der Waals surface area contributed by atoms with Gasteiger partial charge in [0.2, 0.25) is 0 Å². The molecule has 0 unspecified atom stereocenters. The minimum atomic E-state index is -0.490. The third-order valence-electron chi connectivity index (χ3n) is 14.8. The van der Waals surface area contributed by atoms with Gasteiger partial charge in [0.05, 0.1) is 27.5 Å². The van der Waals surface area contributed by atoms with Crippen molar-refractivity contribution in [2.75, 3.05) is 0 Å². The van der Waals surface area contributed by atoms with Crippen LogP contribution in [0.5, 0.6) is 0 Å². The van der Waals surface area contributed by atoms with Gasteiger partial charge in [-0.2, -0.15) is 0 Å². The highest BCUT2D eigenvalue weighted by molar-refractivity contribution is 9.10. The largest absolute Gasteiger partial charge is 0.309 e. The molecule has 2 aromatic heterocycles. The lowest BCUT2D eigenvalue weighted by molar-refractivity contribution is 0.767. The van der Waals surface area contributed by atoms with Crippen molar-refractivity contribution in [1.29, 1.82) is 0 Å². The average molecular weight is 956 g/mol. The quantitative estimate of drug-likeness (QED) is 0.151. The molecule has 0 spiro atoms. The summed E-state index contributed by atoms with van der Waals surface area (Å²) in [6, 6.07) is 96.4.